The molecule has 0 fully saturated rings. The average molecular weight is 373 g/mol. The van der Waals surface area contributed by atoms with Gasteiger partial charge in [-0.05, 0) is 40.0 Å². The first-order valence-corrected chi connectivity index (χ1v) is 10.9. The Morgan fingerprint density at radius 2 is 1.84 bits per heavy atom. The number of imidazole rings is 1. The summed E-state index contributed by atoms with van der Waals surface area (Å²) in [6.45, 7) is 12.9. The van der Waals surface area contributed by atoms with Crippen LogP contribution in [0.4, 0.5) is 11.8 Å². The van der Waals surface area contributed by atoms with E-state index in [-0.39, 0.29) is 11.6 Å². The van der Waals surface area contributed by atoms with Gasteiger partial charge >= 0.3 is 11.8 Å². The van der Waals surface area contributed by atoms with Gasteiger partial charge in [0.15, 0.2) is 14.5 Å². The van der Waals surface area contributed by atoms with E-state index in [1.807, 2.05) is 11.9 Å². The highest BCUT2D eigenvalue weighted by Gasteiger charge is 2.36. The molecule has 0 aliphatic rings. The third-order valence-corrected chi connectivity index (χ3v) is 9.10. The summed E-state index contributed by atoms with van der Waals surface area (Å²) in [5, 5.41) is 21.8. The van der Waals surface area contributed by atoms with Crippen molar-refractivity contribution in [2.24, 2.45) is 0 Å². The van der Waals surface area contributed by atoms with Crippen molar-refractivity contribution >= 4 is 20.1 Å². The highest BCUT2D eigenvalue weighted by Crippen LogP contribution is 2.36. The number of hydrogen-bond acceptors (Lipinski definition) is 7. The van der Waals surface area contributed by atoms with E-state index in [1.165, 1.54) is 4.57 Å². The van der Waals surface area contributed by atoms with Gasteiger partial charge in [0, 0.05) is 19.7 Å². The highest BCUT2D eigenvalue weighted by molar-refractivity contribution is 6.74. The van der Waals surface area contributed by atoms with Gasteiger partial charge in [0.2, 0.25) is 0 Å². The third-order valence-electron chi connectivity index (χ3n) is 4.56. The molecule has 0 atom stereocenters. The van der Waals surface area contributed by atoms with E-state index < -0.39 is 29.9 Å². The molecule has 142 valence electrons. The molecule has 25 heavy (non-hydrogen) atoms. The zero-order chi connectivity index (χ0) is 19.4. The van der Waals surface area contributed by atoms with Crippen LogP contribution < -0.4 is 0 Å². The Morgan fingerprint density at radius 3 is 2.32 bits per heavy atom. The first kappa shape index (κ1) is 21.2. The summed E-state index contributed by atoms with van der Waals surface area (Å²) in [5.74, 6) is -1.03. The Balaban J connectivity index is 2.56. The number of rotatable bonds is 9. The van der Waals surface area contributed by atoms with Crippen molar-refractivity contribution < 1.29 is 14.3 Å². The van der Waals surface area contributed by atoms with Crippen LogP contribution in [0.5, 0.6) is 0 Å². The minimum absolute atomic E-state index is 0.141. The maximum Gasteiger partial charge on any atom is 0.439 e. The Morgan fingerprint density at radius 1 is 1.24 bits per heavy atom. The molecule has 11 heteroatoms. The smallest absolute Gasteiger partial charge is 0.416 e. The summed E-state index contributed by atoms with van der Waals surface area (Å²) in [6.07, 6.45) is 1.10. The second-order valence-electron chi connectivity index (χ2n) is 7.52. The predicted molar refractivity (Wildman–Crippen MR) is 96.2 cm³/mol. The second kappa shape index (κ2) is 8.02. The van der Waals surface area contributed by atoms with Crippen molar-refractivity contribution in [1.82, 2.24) is 14.5 Å². The van der Waals surface area contributed by atoms with Crippen LogP contribution in [0.1, 0.15) is 20.8 Å². The zero-order valence-electron chi connectivity index (χ0n) is 15.7. The molecule has 10 nitrogen and oxygen atoms in total. The summed E-state index contributed by atoms with van der Waals surface area (Å²) in [5.41, 5.74) is 0. The van der Waals surface area contributed by atoms with E-state index in [2.05, 4.69) is 38.8 Å². The van der Waals surface area contributed by atoms with Gasteiger partial charge in [-0.15, -0.1) is 0 Å². The lowest BCUT2D eigenvalue weighted by Gasteiger charge is -2.36. The molecule has 0 unspecified atom stereocenters. The van der Waals surface area contributed by atoms with Crippen molar-refractivity contribution in [2.75, 3.05) is 26.7 Å². The lowest BCUT2D eigenvalue weighted by molar-refractivity contribution is -0.403. The molecule has 0 aromatic carbocycles. The largest absolute Gasteiger partial charge is 0.439 e. The molecular weight excluding hydrogens is 346 g/mol. The van der Waals surface area contributed by atoms with E-state index >= 15 is 0 Å². The summed E-state index contributed by atoms with van der Waals surface area (Å²) in [7, 11) is 0.0832. The SMILES string of the molecule is CN(CCO[Si](C)(C)C(C)(C)C)CCn1cc([N+](=O)[O-])nc1[N+](=O)[O-]. The second-order valence-corrected chi connectivity index (χ2v) is 12.3. The molecule has 0 aliphatic heterocycles. The number of aromatic nitrogens is 2. The molecule has 1 aromatic rings. The summed E-state index contributed by atoms with van der Waals surface area (Å²) in [4.78, 5) is 25.6. The highest BCUT2D eigenvalue weighted by atomic mass is 28.4. The van der Waals surface area contributed by atoms with Gasteiger partial charge < -0.3 is 29.6 Å². The van der Waals surface area contributed by atoms with Crippen LogP contribution in [0.2, 0.25) is 18.1 Å². The topological polar surface area (TPSA) is 117 Å². The first-order chi connectivity index (χ1) is 11.3. The van der Waals surface area contributed by atoms with Crippen LogP contribution in [0.3, 0.4) is 0 Å². The van der Waals surface area contributed by atoms with Gasteiger partial charge in [0.25, 0.3) is 0 Å². The fraction of sp³-hybridized carbons (Fsp3) is 0.786. The van der Waals surface area contributed by atoms with Crippen LogP contribution in [0, 0.1) is 20.2 Å². The number of nitro groups is 2. The zero-order valence-corrected chi connectivity index (χ0v) is 16.7. The molecule has 0 saturated carbocycles. The molecule has 1 aromatic heterocycles. The molecule has 0 radical (unpaired) electrons. The van der Waals surface area contributed by atoms with E-state index in [0.717, 1.165) is 6.20 Å². The van der Waals surface area contributed by atoms with E-state index in [1.54, 1.807) is 0 Å². The van der Waals surface area contributed by atoms with Crippen molar-refractivity contribution in [2.45, 2.75) is 45.4 Å². The molecular formula is C14H27N5O5Si. The molecule has 0 amide bonds. The normalized spacial score (nSPS) is 12.6. The van der Waals surface area contributed by atoms with Crippen LogP contribution in [0.15, 0.2) is 6.20 Å². The Bertz CT molecular complexity index is 626. The van der Waals surface area contributed by atoms with Crippen LogP contribution >= 0.6 is 0 Å². The molecule has 0 aliphatic carbocycles. The number of hydrogen-bond donors (Lipinski definition) is 0. The Labute approximate surface area is 148 Å². The van der Waals surface area contributed by atoms with Crippen LogP contribution in [-0.4, -0.2) is 59.4 Å². The summed E-state index contributed by atoms with van der Waals surface area (Å²) < 4.78 is 7.29. The quantitative estimate of drug-likeness (QED) is 0.371. The van der Waals surface area contributed by atoms with E-state index in [0.29, 0.717) is 19.7 Å². The molecule has 0 saturated heterocycles. The Hall–Kier alpha value is -1.85. The lowest BCUT2D eigenvalue weighted by Crippen LogP contribution is -2.42. The molecule has 1 heterocycles. The molecule has 1 rings (SSSR count). The van der Waals surface area contributed by atoms with Gasteiger partial charge in [-0.25, -0.2) is 4.57 Å². The number of nitrogens with zero attached hydrogens (tertiary/aromatic N) is 5. The monoisotopic (exact) mass is 373 g/mol. The van der Waals surface area contributed by atoms with Crippen molar-refractivity contribution in [3.63, 3.8) is 0 Å². The summed E-state index contributed by atoms with van der Waals surface area (Å²) >= 11 is 0. The minimum Gasteiger partial charge on any atom is -0.416 e. The molecule has 0 N–H and O–H groups in total. The first-order valence-electron chi connectivity index (χ1n) is 8.03. The Kier molecular flexibility index (Phi) is 6.80. The fourth-order valence-corrected chi connectivity index (χ4v) is 2.89. The van der Waals surface area contributed by atoms with Crippen LogP contribution in [0.25, 0.3) is 0 Å². The van der Waals surface area contributed by atoms with Gasteiger partial charge in [-0.3, -0.25) is 0 Å². The van der Waals surface area contributed by atoms with Gasteiger partial charge in [0.1, 0.15) is 0 Å². The molecule has 0 bridgehead atoms. The summed E-state index contributed by atoms with van der Waals surface area (Å²) in [6, 6.07) is 0. The predicted octanol–water partition coefficient (Wildman–Crippen LogP) is 2.65. The van der Waals surface area contributed by atoms with Gasteiger partial charge in [-0.1, -0.05) is 20.8 Å². The maximum absolute atomic E-state index is 10.9. The van der Waals surface area contributed by atoms with Gasteiger partial charge in [-0.2, -0.15) is 0 Å². The standard InChI is InChI=1S/C14H27N5O5Si/c1-14(2,3)25(5,6)24-10-9-16(4)7-8-17-11-12(18(20)21)15-13(17)19(22)23/h11H,7-10H2,1-6H3. The van der Waals surface area contributed by atoms with Crippen LogP contribution in [-0.2, 0) is 11.0 Å². The fourth-order valence-electron chi connectivity index (χ4n) is 1.85. The third kappa shape index (κ3) is 5.87. The molecule has 0 spiro atoms. The number of likely N-dealkylation sites (N-methyl/N-ethyl adjacent to an activating group) is 1. The lowest BCUT2D eigenvalue weighted by atomic mass is 10.2. The van der Waals surface area contributed by atoms with Crippen molar-refractivity contribution in [1.29, 1.82) is 0 Å². The van der Waals surface area contributed by atoms with Crippen molar-refractivity contribution in [3.8, 4) is 0 Å². The minimum atomic E-state index is -1.80. The van der Waals surface area contributed by atoms with Gasteiger partial charge in [0.05, 0.1) is 6.54 Å². The van der Waals surface area contributed by atoms with E-state index in [4.69, 9.17) is 4.43 Å². The van der Waals surface area contributed by atoms with E-state index in [9.17, 15) is 20.2 Å². The van der Waals surface area contributed by atoms with Crippen molar-refractivity contribution in [3.05, 3.63) is 26.4 Å². The average Bonchev–Trinajstić information content (AvgIpc) is 2.88. The maximum atomic E-state index is 10.9.